The second-order valence-electron chi connectivity index (χ2n) is 4.78. The molecule has 0 saturated carbocycles. The summed E-state index contributed by atoms with van der Waals surface area (Å²) in [5.41, 5.74) is 6.85. The Morgan fingerprint density at radius 3 is 2.08 bits per heavy atom. The van der Waals surface area contributed by atoms with Gasteiger partial charge in [-0.25, -0.2) is 4.79 Å². The van der Waals surface area contributed by atoms with Crippen LogP contribution < -0.4 is 5.73 Å². The SMILES string of the molecule is N[C@@H](COCCC(=O)O)COCc1ccccc1.O=C(O)C(F)(F)F. The molecule has 0 unspecified atom stereocenters. The number of rotatable bonds is 9. The summed E-state index contributed by atoms with van der Waals surface area (Å²) in [6.45, 7) is 1.40. The fourth-order valence-electron chi connectivity index (χ4n) is 1.34. The van der Waals surface area contributed by atoms with Crippen LogP contribution >= 0.6 is 0 Å². The van der Waals surface area contributed by atoms with E-state index in [9.17, 15) is 18.0 Å². The van der Waals surface area contributed by atoms with Gasteiger partial charge in [0.2, 0.25) is 0 Å². The van der Waals surface area contributed by atoms with Crippen LogP contribution in [0.5, 0.6) is 0 Å². The highest BCUT2D eigenvalue weighted by Crippen LogP contribution is 2.13. The topological polar surface area (TPSA) is 119 Å². The van der Waals surface area contributed by atoms with Gasteiger partial charge in [-0.05, 0) is 5.56 Å². The Kier molecular flexibility index (Phi) is 11.2. The predicted molar refractivity (Wildman–Crippen MR) is 80.8 cm³/mol. The largest absolute Gasteiger partial charge is 0.490 e. The highest BCUT2D eigenvalue weighted by Gasteiger charge is 2.38. The lowest BCUT2D eigenvalue weighted by Gasteiger charge is -2.12. The zero-order valence-corrected chi connectivity index (χ0v) is 13.2. The minimum atomic E-state index is -5.08. The molecular weight excluding hydrogens is 347 g/mol. The predicted octanol–water partition coefficient (Wildman–Crippen LogP) is 1.66. The maximum absolute atomic E-state index is 10.6. The standard InChI is InChI=1S/C13H19NO4.C2HF3O2/c14-12(9-17-7-6-13(15)16)10-18-8-11-4-2-1-3-5-11;3-2(4,5)1(6)7/h1-5,12H,6-10,14H2,(H,15,16);(H,6,7)/t12-;/m0./s1. The molecule has 0 saturated heterocycles. The number of hydrogen-bond acceptors (Lipinski definition) is 5. The minimum Gasteiger partial charge on any atom is -0.481 e. The molecule has 10 heteroatoms. The summed E-state index contributed by atoms with van der Waals surface area (Å²) in [6.07, 6.45) is -5.09. The Bertz CT molecular complexity index is 510. The van der Waals surface area contributed by atoms with E-state index in [0.717, 1.165) is 5.56 Å². The highest BCUT2D eigenvalue weighted by molar-refractivity contribution is 5.73. The fraction of sp³-hybridized carbons (Fsp3) is 0.467. The summed E-state index contributed by atoms with van der Waals surface area (Å²) in [5, 5.41) is 15.5. The third kappa shape index (κ3) is 13.9. The molecule has 0 aromatic heterocycles. The van der Waals surface area contributed by atoms with Crippen molar-refractivity contribution in [2.75, 3.05) is 19.8 Å². The van der Waals surface area contributed by atoms with Crippen LogP contribution in [-0.4, -0.2) is 54.2 Å². The number of ether oxygens (including phenoxy) is 2. The smallest absolute Gasteiger partial charge is 0.481 e. The van der Waals surface area contributed by atoms with E-state index in [2.05, 4.69) is 0 Å². The molecular formula is C15H20F3NO6. The van der Waals surface area contributed by atoms with Crippen molar-refractivity contribution >= 4 is 11.9 Å². The van der Waals surface area contributed by atoms with Gasteiger partial charge in [-0.2, -0.15) is 13.2 Å². The first-order valence-corrected chi connectivity index (χ1v) is 7.09. The second kappa shape index (κ2) is 12.2. The van der Waals surface area contributed by atoms with E-state index in [1.54, 1.807) is 0 Å². The summed E-state index contributed by atoms with van der Waals surface area (Å²) in [4.78, 5) is 19.1. The van der Waals surface area contributed by atoms with Gasteiger partial charge in [-0.15, -0.1) is 0 Å². The van der Waals surface area contributed by atoms with E-state index in [4.69, 9.17) is 30.2 Å². The van der Waals surface area contributed by atoms with Gasteiger partial charge < -0.3 is 25.4 Å². The zero-order chi connectivity index (χ0) is 19.3. The molecule has 7 nitrogen and oxygen atoms in total. The fourth-order valence-corrected chi connectivity index (χ4v) is 1.34. The Hall–Kier alpha value is -2.17. The molecule has 1 aromatic rings. The number of alkyl halides is 3. The highest BCUT2D eigenvalue weighted by atomic mass is 19.4. The van der Waals surface area contributed by atoms with E-state index in [-0.39, 0.29) is 19.1 Å². The Labute approximate surface area is 142 Å². The Morgan fingerprint density at radius 1 is 1.08 bits per heavy atom. The summed E-state index contributed by atoms with van der Waals surface area (Å²) >= 11 is 0. The van der Waals surface area contributed by atoms with Crippen molar-refractivity contribution in [3.05, 3.63) is 35.9 Å². The van der Waals surface area contributed by atoms with Crippen molar-refractivity contribution in [2.45, 2.75) is 25.2 Å². The van der Waals surface area contributed by atoms with Gasteiger partial charge in [0.25, 0.3) is 0 Å². The number of halogens is 3. The molecule has 0 radical (unpaired) electrons. The van der Waals surface area contributed by atoms with Crippen LogP contribution in [0, 0.1) is 0 Å². The molecule has 25 heavy (non-hydrogen) atoms. The van der Waals surface area contributed by atoms with Crippen LogP contribution in [0.4, 0.5) is 13.2 Å². The van der Waals surface area contributed by atoms with Gasteiger partial charge in [0, 0.05) is 0 Å². The molecule has 1 rings (SSSR count). The van der Waals surface area contributed by atoms with Crippen molar-refractivity contribution < 1.29 is 42.4 Å². The number of benzene rings is 1. The number of carbonyl (C=O) groups is 2. The molecule has 0 spiro atoms. The second-order valence-corrected chi connectivity index (χ2v) is 4.78. The summed E-state index contributed by atoms with van der Waals surface area (Å²) in [6, 6.07) is 9.58. The normalized spacial score (nSPS) is 12.0. The van der Waals surface area contributed by atoms with Crippen molar-refractivity contribution in [3.63, 3.8) is 0 Å². The molecule has 4 N–H and O–H groups in total. The first-order valence-electron chi connectivity index (χ1n) is 7.09. The quantitative estimate of drug-likeness (QED) is 0.568. The Balaban J connectivity index is 0.000000697. The maximum Gasteiger partial charge on any atom is 0.490 e. The first-order chi connectivity index (χ1) is 11.6. The molecule has 0 fully saturated rings. The van der Waals surface area contributed by atoms with E-state index in [0.29, 0.717) is 19.8 Å². The monoisotopic (exact) mass is 367 g/mol. The first kappa shape index (κ1) is 22.8. The number of hydrogen-bond donors (Lipinski definition) is 3. The van der Waals surface area contributed by atoms with Crippen molar-refractivity contribution in [1.82, 2.24) is 0 Å². The average molecular weight is 367 g/mol. The van der Waals surface area contributed by atoms with Crippen LogP contribution in [0.2, 0.25) is 0 Å². The number of aliphatic carboxylic acids is 2. The molecule has 0 aliphatic heterocycles. The number of nitrogens with two attached hydrogens (primary N) is 1. The summed E-state index contributed by atoms with van der Waals surface area (Å²) in [5.74, 6) is -3.63. The molecule has 1 aromatic carbocycles. The van der Waals surface area contributed by atoms with Gasteiger partial charge in [0.1, 0.15) is 0 Å². The minimum absolute atomic E-state index is 0.00239. The van der Waals surface area contributed by atoms with E-state index in [1.165, 1.54) is 0 Å². The lowest BCUT2D eigenvalue weighted by Crippen LogP contribution is -2.31. The van der Waals surface area contributed by atoms with Crippen LogP contribution in [0.15, 0.2) is 30.3 Å². The third-order valence-electron chi connectivity index (χ3n) is 2.48. The molecule has 1 atom stereocenters. The molecule has 142 valence electrons. The van der Waals surface area contributed by atoms with Gasteiger partial charge >= 0.3 is 18.1 Å². The lowest BCUT2D eigenvalue weighted by atomic mass is 10.2. The summed E-state index contributed by atoms with van der Waals surface area (Å²) < 4.78 is 42.3. The zero-order valence-electron chi connectivity index (χ0n) is 13.2. The van der Waals surface area contributed by atoms with Crippen molar-refractivity contribution in [1.29, 1.82) is 0 Å². The van der Waals surface area contributed by atoms with Crippen molar-refractivity contribution in [3.8, 4) is 0 Å². The molecule has 0 heterocycles. The molecule has 0 aliphatic rings. The molecule has 0 aliphatic carbocycles. The third-order valence-corrected chi connectivity index (χ3v) is 2.48. The van der Waals surface area contributed by atoms with Gasteiger partial charge in [-0.1, -0.05) is 30.3 Å². The average Bonchev–Trinajstić information content (AvgIpc) is 2.52. The van der Waals surface area contributed by atoms with Gasteiger partial charge in [0.15, 0.2) is 0 Å². The van der Waals surface area contributed by atoms with E-state index in [1.807, 2.05) is 30.3 Å². The van der Waals surface area contributed by atoms with Gasteiger partial charge in [-0.3, -0.25) is 4.79 Å². The van der Waals surface area contributed by atoms with E-state index < -0.39 is 18.1 Å². The lowest BCUT2D eigenvalue weighted by molar-refractivity contribution is -0.192. The van der Waals surface area contributed by atoms with Crippen LogP contribution in [0.25, 0.3) is 0 Å². The maximum atomic E-state index is 10.6. The van der Waals surface area contributed by atoms with Gasteiger partial charge in [0.05, 0.1) is 38.9 Å². The van der Waals surface area contributed by atoms with Crippen molar-refractivity contribution in [2.24, 2.45) is 5.73 Å². The Morgan fingerprint density at radius 2 is 1.60 bits per heavy atom. The van der Waals surface area contributed by atoms with Crippen LogP contribution in [-0.2, 0) is 25.7 Å². The van der Waals surface area contributed by atoms with Crippen LogP contribution in [0.3, 0.4) is 0 Å². The molecule has 0 bridgehead atoms. The van der Waals surface area contributed by atoms with Crippen LogP contribution in [0.1, 0.15) is 12.0 Å². The van der Waals surface area contributed by atoms with E-state index >= 15 is 0 Å². The molecule has 0 amide bonds. The number of carboxylic acid groups (broad SMARTS) is 2. The summed E-state index contributed by atoms with van der Waals surface area (Å²) in [7, 11) is 0. The number of carboxylic acids is 2.